The van der Waals surface area contributed by atoms with Crippen LogP contribution in [0.5, 0.6) is 0 Å². The van der Waals surface area contributed by atoms with Crippen molar-refractivity contribution in [3.63, 3.8) is 0 Å². The van der Waals surface area contributed by atoms with Gasteiger partial charge in [0.1, 0.15) is 5.52 Å². The number of para-hydroxylation sites is 2. The molecule has 84 valence electrons. The molecule has 0 fully saturated rings. The Morgan fingerprint density at radius 1 is 1.12 bits per heavy atom. The van der Waals surface area contributed by atoms with Crippen molar-refractivity contribution < 1.29 is 4.42 Å². The average molecular weight is 309 g/mol. The van der Waals surface area contributed by atoms with E-state index in [1.807, 2.05) is 42.5 Å². The SMILES string of the molecule is Clc1ccc(Br)cc1-c1nc2ccccc2o1. The van der Waals surface area contributed by atoms with Crippen molar-refractivity contribution in [1.29, 1.82) is 0 Å². The third-order valence-corrected chi connectivity index (χ3v) is 3.28. The lowest BCUT2D eigenvalue weighted by atomic mass is 10.2. The molecule has 0 atom stereocenters. The number of oxazole rings is 1. The van der Waals surface area contributed by atoms with Crippen LogP contribution in [0, 0.1) is 0 Å². The van der Waals surface area contributed by atoms with E-state index in [9.17, 15) is 0 Å². The summed E-state index contributed by atoms with van der Waals surface area (Å²) in [5.74, 6) is 0.539. The van der Waals surface area contributed by atoms with Crippen molar-refractivity contribution in [2.45, 2.75) is 0 Å². The average Bonchev–Trinajstić information content (AvgIpc) is 2.75. The number of rotatable bonds is 1. The number of nitrogens with zero attached hydrogens (tertiary/aromatic N) is 1. The fourth-order valence-corrected chi connectivity index (χ4v) is 2.21. The maximum atomic E-state index is 6.14. The van der Waals surface area contributed by atoms with Crippen LogP contribution in [0.1, 0.15) is 0 Å². The molecule has 2 aromatic carbocycles. The predicted molar refractivity (Wildman–Crippen MR) is 72.2 cm³/mol. The molecule has 0 saturated carbocycles. The Hall–Kier alpha value is -1.32. The number of hydrogen-bond acceptors (Lipinski definition) is 2. The standard InChI is InChI=1S/C13H7BrClNO/c14-8-5-6-10(15)9(7-8)13-16-11-3-1-2-4-12(11)17-13/h1-7H. The van der Waals surface area contributed by atoms with E-state index in [1.54, 1.807) is 0 Å². The monoisotopic (exact) mass is 307 g/mol. The molecule has 1 aromatic heterocycles. The minimum atomic E-state index is 0.539. The first kappa shape index (κ1) is 10.8. The van der Waals surface area contributed by atoms with Crippen LogP contribution in [-0.4, -0.2) is 4.98 Å². The van der Waals surface area contributed by atoms with Gasteiger partial charge in [-0.1, -0.05) is 39.7 Å². The first-order valence-corrected chi connectivity index (χ1v) is 6.22. The first-order valence-electron chi connectivity index (χ1n) is 5.05. The maximum absolute atomic E-state index is 6.14. The van der Waals surface area contributed by atoms with Crippen molar-refractivity contribution in [1.82, 2.24) is 4.98 Å². The number of hydrogen-bond donors (Lipinski definition) is 0. The van der Waals surface area contributed by atoms with Gasteiger partial charge >= 0.3 is 0 Å². The molecule has 0 N–H and O–H groups in total. The van der Waals surface area contributed by atoms with Gasteiger partial charge in [0.25, 0.3) is 0 Å². The van der Waals surface area contributed by atoms with Crippen LogP contribution in [0.2, 0.25) is 5.02 Å². The molecule has 17 heavy (non-hydrogen) atoms. The van der Waals surface area contributed by atoms with E-state index in [0.29, 0.717) is 10.9 Å². The lowest BCUT2D eigenvalue weighted by Crippen LogP contribution is -1.79. The Balaban J connectivity index is 2.23. The lowest BCUT2D eigenvalue weighted by molar-refractivity contribution is 0.620. The molecule has 0 aliphatic heterocycles. The van der Waals surface area contributed by atoms with Crippen LogP contribution in [0.4, 0.5) is 0 Å². The van der Waals surface area contributed by atoms with Crippen molar-refractivity contribution in [3.05, 3.63) is 52.0 Å². The predicted octanol–water partition coefficient (Wildman–Crippen LogP) is 4.91. The molecule has 1 heterocycles. The van der Waals surface area contributed by atoms with Gasteiger partial charge in [-0.15, -0.1) is 0 Å². The van der Waals surface area contributed by atoms with Gasteiger partial charge in [-0.2, -0.15) is 0 Å². The van der Waals surface area contributed by atoms with Gasteiger partial charge in [0, 0.05) is 4.47 Å². The summed E-state index contributed by atoms with van der Waals surface area (Å²) in [6.45, 7) is 0. The molecule has 2 nitrogen and oxygen atoms in total. The van der Waals surface area contributed by atoms with E-state index in [1.165, 1.54) is 0 Å². The van der Waals surface area contributed by atoms with Crippen molar-refractivity contribution in [2.24, 2.45) is 0 Å². The molecule has 0 radical (unpaired) electrons. The number of benzene rings is 2. The highest BCUT2D eigenvalue weighted by Crippen LogP contribution is 2.32. The molecule has 0 aliphatic carbocycles. The highest BCUT2D eigenvalue weighted by molar-refractivity contribution is 9.10. The molecule has 3 rings (SSSR count). The topological polar surface area (TPSA) is 26.0 Å². The van der Waals surface area contributed by atoms with Gasteiger partial charge in [0.2, 0.25) is 5.89 Å². The van der Waals surface area contributed by atoms with E-state index < -0.39 is 0 Å². The summed E-state index contributed by atoms with van der Waals surface area (Å²) in [6, 6.07) is 13.2. The molecule has 3 aromatic rings. The Kier molecular flexibility index (Phi) is 2.65. The summed E-state index contributed by atoms with van der Waals surface area (Å²) in [7, 11) is 0. The van der Waals surface area contributed by atoms with Gasteiger partial charge in [0.05, 0.1) is 10.6 Å². The Morgan fingerprint density at radius 3 is 2.76 bits per heavy atom. The maximum Gasteiger partial charge on any atom is 0.228 e. The number of fused-ring (bicyclic) bond motifs is 1. The van der Waals surface area contributed by atoms with Crippen LogP contribution in [-0.2, 0) is 0 Å². The second kappa shape index (κ2) is 4.17. The highest BCUT2D eigenvalue weighted by atomic mass is 79.9. The summed E-state index contributed by atoms with van der Waals surface area (Å²) >= 11 is 9.55. The van der Waals surface area contributed by atoms with Gasteiger partial charge in [-0.05, 0) is 30.3 Å². The minimum absolute atomic E-state index is 0.539. The molecule has 0 saturated heterocycles. The normalized spacial score (nSPS) is 10.9. The molecule has 0 bridgehead atoms. The zero-order chi connectivity index (χ0) is 11.8. The molecule has 0 amide bonds. The largest absolute Gasteiger partial charge is 0.436 e. The van der Waals surface area contributed by atoms with Crippen LogP contribution >= 0.6 is 27.5 Å². The van der Waals surface area contributed by atoms with E-state index in [0.717, 1.165) is 21.1 Å². The van der Waals surface area contributed by atoms with E-state index in [2.05, 4.69) is 20.9 Å². The number of aromatic nitrogens is 1. The third kappa shape index (κ3) is 1.96. The Labute approximate surface area is 111 Å². The fourth-order valence-electron chi connectivity index (χ4n) is 1.65. The van der Waals surface area contributed by atoms with E-state index in [4.69, 9.17) is 16.0 Å². The molecule has 0 spiro atoms. The number of halogens is 2. The van der Waals surface area contributed by atoms with Crippen molar-refractivity contribution >= 4 is 38.6 Å². The Bertz CT molecular complexity index is 660. The molecular weight excluding hydrogens is 302 g/mol. The quantitative estimate of drug-likeness (QED) is 0.638. The third-order valence-electron chi connectivity index (χ3n) is 2.45. The second-order valence-corrected chi connectivity index (χ2v) is 4.93. The molecule has 0 unspecified atom stereocenters. The van der Waals surface area contributed by atoms with E-state index in [-0.39, 0.29) is 0 Å². The van der Waals surface area contributed by atoms with Crippen LogP contribution in [0.25, 0.3) is 22.6 Å². The van der Waals surface area contributed by atoms with Crippen LogP contribution < -0.4 is 0 Å². The summed E-state index contributed by atoms with van der Waals surface area (Å²) < 4.78 is 6.62. The van der Waals surface area contributed by atoms with Gasteiger partial charge in [-0.25, -0.2) is 4.98 Å². The zero-order valence-corrected chi connectivity index (χ0v) is 11.0. The smallest absolute Gasteiger partial charge is 0.228 e. The fraction of sp³-hybridized carbons (Fsp3) is 0. The molecular formula is C13H7BrClNO. The highest BCUT2D eigenvalue weighted by Gasteiger charge is 2.11. The first-order chi connectivity index (χ1) is 8.24. The van der Waals surface area contributed by atoms with E-state index >= 15 is 0 Å². The van der Waals surface area contributed by atoms with Gasteiger partial charge < -0.3 is 4.42 Å². The van der Waals surface area contributed by atoms with Crippen molar-refractivity contribution in [2.75, 3.05) is 0 Å². The lowest BCUT2D eigenvalue weighted by Gasteiger charge is -1.99. The van der Waals surface area contributed by atoms with Gasteiger partial charge in [-0.3, -0.25) is 0 Å². The Morgan fingerprint density at radius 2 is 1.94 bits per heavy atom. The summed E-state index contributed by atoms with van der Waals surface area (Å²) in [4.78, 5) is 4.41. The van der Waals surface area contributed by atoms with Crippen molar-refractivity contribution in [3.8, 4) is 11.5 Å². The molecule has 4 heteroatoms. The molecule has 0 aliphatic rings. The zero-order valence-electron chi connectivity index (χ0n) is 8.65. The van der Waals surface area contributed by atoms with Crippen LogP contribution in [0.15, 0.2) is 51.4 Å². The summed E-state index contributed by atoms with van der Waals surface area (Å²) in [6.07, 6.45) is 0. The van der Waals surface area contributed by atoms with Gasteiger partial charge in [0.15, 0.2) is 5.58 Å². The summed E-state index contributed by atoms with van der Waals surface area (Å²) in [5.41, 5.74) is 2.38. The van der Waals surface area contributed by atoms with Crippen LogP contribution in [0.3, 0.4) is 0 Å². The minimum Gasteiger partial charge on any atom is -0.436 e. The summed E-state index contributed by atoms with van der Waals surface area (Å²) in [5, 5.41) is 0.625. The second-order valence-electron chi connectivity index (χ2n) is 3.61.